The molecule has 2 saturated heterocycles. The molecule has 0 aromatic heterocycles. The summed E-state index contributed by atoms with van der Waals surface area (Å²) in [6, 6.07) is 8.71. The summed E-state index contributed by atoms with van der Waals surface area (Å²) in [7, 11) is 0. The second-order valence-corrected chi connectivity index (χ2v) is 7.31. The number of amides is 3. The van der Waals surface area contributed by atoms with Crippen molar-refractivity contribution in [2.45, 2.75) is 38.1 Å². The van der Waals surface area contributed by atoms with Gasteiger partial charge in [-0.15, -0.1) is 0 Å². The number of nitrogens with zero attached hydrogens (tertiary/aromatic N) is 2. The Labute approximate surface area is 159 Å². The van der Waals surface area contributed by atoms with Crippen molar-refractivity contribution in [3.05, 3.63) is 35.9 Å². The van der Waals surface area contributed by atoms with Crippen LogP contribution in [0.1, 0.15) is 43.7 Å². The van der Waals surface area contributed by atoms with Gasteiger partial charge in [-0.2, -0.15) is 0 Å². The monoisotopic (exact) mass is 373 g/mol. The number of piperidine rings is 1. The third-order valence-corrected chi connectivity index (χ3v) is 5.41. The highest BCUT2D eigenvalue weighted by Crippen LogP contribution is 2.23. The molecule has 3 amide bonds. The van der Waals surface area contributed by atoms with Crippen molar-refractivity contribution in [3.63, 3.8) is 0 Å². The Bertz CT molecular complexity index is 665. The van der Waals surface area contributed by atoms with Crippen LogP contribution in [0.5, 0.6) is 0 Å². The standard InChI is InChI=1S/C20H27N3O4/c24-18(25)14-17(15-6-2-1-3-7-15)21-19(26)16-8-12-23(13-9-16)20(27)22-10-4-5-11-22/h1-3,6-7,16-17H,4-5,8-14H2,(H,21,26)(H,24,25). The minimum absolute atomic E-state index is 0.0828. The van der Waals surface area contributed by atoms with E-state index in [4.69, 9.17) is 5.11 Å². The normalized spacial score (nSPS) is 19.0. The van der Waals surface area contributed by atoms with Gasteiger partial charge in [0.1, 0.15) is 0 Å². The number of benzene rings is 1. The number of urea groups is 1. The second kappa shape index (κ2) is 8.88. The minimum atomic E-state index is -0.949. The van der Waals surface area contributed by atoms with Crippen molar-refractivity contribution in [2.24, 2.45) is 5.92 Å². The molecule has 2 N–H and O–H groups in total. The molecule has 7 nitrogen and oxygen atoms in total. The number of hydrogen-bond acceptors (Lipinski definition) is 3. The van der Waals surface area contributed by atoms with Crippen molar-refractivity contribution in [1.82, 2.24) is 15.1 Å². The van der Waals surface area contributed by atoms with Gasteiger partial charge in [0.05, 0.1) is 12.5 Å². The summed E-state index contributed by atoms with van der Waals surface area (Å²) in [5.41, 5.74) is 0.787. The second-order valence-electron chi connectivity index (χ2n) is 7.31. The molecule has 1 aromatic rings. The number of carboxylic acid groups (broad SMARTS) is 1. The van der Waals surface area contributed by atoms with Gasteiger partial charge in [0.15, 0.2) is 0 Å². The summed E-state index contributed by atoms with van der Waals surface area (Å²) in [5, 5.41) is 12.1. The number of aliphatic carboxylic acids is 1. The largest absolute Gasteiger partial charge is 0.481 e. The molecule has 7 heteroatoms. The number of hydrogen-bond donors (Lipinski definition) is 2. The Hall–Kier alpha value is -2.57. The maximum absolute atomic E-state index is 12.7. The average molecular weight is 373 g/mol. The van der Waals surface area contributed by atoms with Gasteiger partial charge in [0, 0.05) is 32.1 Å². The Kier molecular flexibility index (Phi) is 6.32. The van der Waals surface area contributed by atoms with Crippen molar-refractivity contribution in [3.8, 4) is 0 Å². The van der Waals surface area contributed by atoms with Crippen LogP contribution in [0.4, 0.5) is 4.79 Å². The van der Waals surface area contributed by atoms with Crippen LogP contribution in [0.3, 0.4) is 0 Å². The summed E-state index contributed by atoms with van der Waals surface area (Å²) in [4.78, 5) is 40.0. The molecule has 0 spiro atoms. The van der Waals surface area contributed by atoms with Crippen LogP contribution < -0.4 is 5.32 Å². The third kappa shape index (κ3) is 4.99. The van der Waals surface area contributed by atoms with Crippen LogP contribution in [0.15, 0.2) is 30.3 Å². The molecule has 146 valence electrons. The molecule has 2 aliphatic heterocycles. The summed E-state index contributed by atoms with van der Waals surface area (Å²) < 4.78 is 0. The van der Waals surface area contributed by atoms with Gasteiger partial charge in [-0.3, -0.25) is 9.59 Å². The topological polar surface area (TPSA) is 90.0 Å². The Morgan fingerprint density at radius 2 is 1.59 bits per heavy atom. The zero-order valence-corrected chi connectivity index (χ0v) is 15.5. The van der Waals surface area contributed by atoms with Crippen LogP contribution in [0.2, 0.25) is 0 Å². The Balaban J connectivity index is 1.54. The lowest BCUT2D eigenvalue weighted by Gasteiger charge is -2.34. The zero-order chi connectivity index (χ0) is 19.2. The van der Waals surface area contributed by atoms with Crippen LogP contribution in [-0.4, -0.2) is 59.0 Å². The number of carbonyl (C=O) groups is 3. The van der Waals surface area contributed by atoms with E-state index in [1.807, 2.05) is 40.1 Å². The summed E-state index contributed by atoms with van der Waals surface area (Å²) in [6.07, 6.45) is 3.20. The Morgan fingerprint density at radius 3 is 2.19 bits per heavy atom. The van der Waals surface area contributed by atoms with E-state index in [0.29, 0.717) is 25.9 Å². The molecule has 2 fully saturated rings. The fourth-order valence-electron chi connectivity index (χ4n) is 3.84. The smallest absolute Gasteiger partial charge is 0.319 e. The maximum atomic E-state index is 12.7. The highest BCUT2D eigenvalue weighted by molar-refractivity contribution is 5.81. The van der Waals surface area contributed by atoms with Gasteiger partial charge in [-0.1, -0.05) is 30.3 Å². The van der Waals surface area contributed by atoms with Crippen molar-refractivity contribution in [1.29, 1.82) is 0 Å². The lowest BCUT2D eigenvalue weighted by molar-refractivity contribution is -0.138. The minimum Gasteiger partial charge on any atom is -0.481 e. The molecule has 0 saturated carbocycles. The van der Waals surface area contributed by atoms with Gasteiger partial charge < -0.3 is 20.2 Å². The molecule has 0 radical (unpaired) electrons. The average Bonchev–Trinajstić information content (AvgIpc) is 3.22. The maximum Gasteiger partial charge on any atom is 0.319 e. The van der Waals surface area contributed by atoms with Crippen LogP contribution in [-0.2, 0) is 9.59 Å². The molecule has 1 unspecified atom stereocenters. The van der Waals surface area contributed by atoms with Gasteiger partial charge in [-0.25, -0.2) is 4.79 Å². The van der Waals surface area contributed by atoms with Crippen LogP contribution in [0.25, 0.3) is 0 Å². The van der Waals surface area contributed by atoms with Gasteiger partial charge in [-0.05, 0) is 31.2 Å². The predicted octanol–water partition coefficient (Wildman–Crippen LogP) is 2.25. The van der Waals surface area contributed by atoms with Gasteiger partial charge in [0.2, 0.25) is 5.91 Å². The summed E-state index contributed by atoms with van der Waals surface area (Å²) in [6.45, 7) is 2.80. The first-order valence-corrected chi connectivity index (χ1v) is 9.65. The number of rotatable bonds is 5. The Morgan fingerprint density at radius 1 is 1.00 bits per heavy atom. The summed E-state index contributed by atoms with van der Waals surface area (Å²) >= 11 is 0. The number of nitrogens with one attached hydrogen (secondary N) is 1. The molecular formula is C20H27N3O4. The van der Waals surface area contributed by atoms with Crippen LogP contribution >= 0.6 is 0 Å². The van der Waals surface area contributed by atoms with E-state index in [1.165, 1.54) is 0 Å². The molecule has 0 bridgehead atoms. The highest BCUT2D eigenvalue weighted by Gasteiger charge is 2.31. The number of likely N-dealkylation sites (tertiary alicyclic amines) is 2. The molecule has 2 heterocycles. The predicted molar refractivity (Wildman–Crippen MR) is 100 cm³/mol. The molecule has 3 rings (SSSR count). The molecule has 27 heavy (non-hydrogen) atoms. The molecule has 2 aliphatic rings. The first-order valence-electron chi connectivity index (χ1n) is 9.65. The number of carbonyl (C=O) groups excluding carboxylic acids is 2. The number of carboxylic acids is 1. The van der Waals surface area contributed by atoms with Gasteiger partial charge >= 0.3 is 12.0 Å². The van der Waals surface area contributed by atoms with E-state index in [2.05, 4.69) is 5.32 Å². The van der Waals surface area contributed by atoms with E-state index in [0.717, 1.165) is 31.5 Å². The van der Waals surface area contributed by atoms with E-state index in [1.54, 1.807) is 0 Å². The first-order chi connectivity index (χ1) is 13.0. The lowest BCUT2D eigenvalue weighted by atomic mass is 9.94. The quantitative estimate of drug-likeness (QED) is 0.828. The van der Waals surface area contributed by atoms with Crippen molar-refractivity contribution < 1.29 is 19.5 Å². The fraction of sp³-hybridized carbons (Fsp3) is 0.550. The molecule has 0 aliphatic carbocycles. The molecular weight excluding hydrogens is 346 g/mol. The highest BCUT2D eigenvalue weighted by atomic mass is 16.4. The molecule has 1 aromatic carbocycles. The summed E-state index contributed by atoms with van der Waals surface area (Å²) in [5.74, 6) is -1.26. The zero-order valence-electron chi connectivity index (χ0n) is 15.5. The van der Waals surface area contributed by atoms with E-state index in [-0.39, 0.29) is 24.3 Å². The first kappa shape index (κ1) is 19.2. The van der Waals surface area contributed by atoms with Gasteiger partial charge in [0.25, 0.3) is 0 Å². The van der Waals surface area contributed by atoms with Crippen molar-refractivity contribution >= 4 is 17.9 Å². The fourth-order valence-corrected chi connectivity index (χ4v) is 3.84. The van der Waals surface area contributed by atoms with E-state index >= 15 is 0 Å². The molecule has 1 atom stereocenters. The van der Waals surface area contributed by atoms with E-state index < -0.39 is 12.0 Å². The third-order valence-electron chi connectivity index (χ3n) is 5.41. The van der Waals surface area contributed by atoms with E-state index in [9.17, 15) is 14.4 Å². The SMILES string of the molecule is O=C(O)CC(NC(=O)C1CCN(C(=O)N2CCCC2)CC1)c1ccccc1. The van der Waals surface area contributed by atoms with Crippen molar-refractivity contribution in [2.75, 3.05) is 26.2 Å². The van der Waals surface area contributed by atoms with Crippen LogP contribution in [0, 0.1) is 5.92 Å². The lowest BCUT2D eigenvalue weighted by Crippen LogP contribution is -2.48.